The monoisotopic (exact) mass is 940 g/mol. The van der Waals surface area contributed by atoms with Gasteiger partial charge >= 0.3 is 35.8 Å². The molecule has 0 bridgehead atoms. The van der Waals surface area contributed by atoms with Crippen LogP contribution in [0.5, 0.6) is 0 Å². The summed E-state index contributed by atoms with van der Waals surface area (Å²) in [6, 6.07) is 0.319. The van der Waals surface area contributed by atoms with Crippen molar-refractivity contribution in [2.45, 2.75) is 229 Å². The Labute approximate surface area is 401 Å². The third kappa shape index (κ3) is 33.3. The SMILES string of the molecule is CCCCCC(CCCCC)CC(=O)OCC(COC(=O)CCCC(=O)OCC(CCC)CCC)(COC(=O)CCCC(=O)OCC(CCC)CCC)COC(=O)CCCN(CC)C(C)C. The number of rotatable bonds is 44. The molecular weight excluding hydrogens is 843 g/mol. The van der Waals surface area contributed by atoms with Crippen molar-refractivity contribution in [2.24, 2.45) is 23.2 Å². The highest BCUT2D eigenvalue weighted by Crippen LogP contribution is 2.26. The number of esters is 6. The molecule has 0 rings (SSSR count). The molecule has 0 radical (unpaired) electrons. The van der Waals surface area contributed by atoms with Crippen LogP contribution in [0.15, 0.2) is 0 Å². The summed E-state index contributed by atoms with van der Waals surface area (Å²) in [5, 5.41) is 0. The number of ether oxygens (including phenoxy) is 6. The van der Waals surface area contributed by atoms with Crippen molar-refractivity contribution in [3.05, 3.63) is 0 Å². The van der Waals surface area contributed by atoms with Gasteiger partial charge in [0.05, 0.1) is 13.2 Å². The molecule has 0 aliphatic carbocycles. The van der Waals surface area contributed by atoms with Crippen molar-refractivity contribution in [2.75, 3.05) is 52.7 Å². The van der Waals surface area contributed by atoms with Gasteiger partial charge in [-0.25, -0.2) is 0 Å². The average molecular weight is 940 g/mol. The van der Waals surface area contributed by atoms with Gasteiger partial charge in [0, 0.05) is 44.6 Å². The predicted octanol–water partition coefficient (Wildman–Crippen LogP) is 11.7. The molecule has 0 N–H and O–H groups in total. The van der Waals surface area contributed by atoms with Gasteiger partial charge in [-0.3, -0.25) is 28.8 Å². The maximum Gasteiger partial charge on any atom is 0.306 e. The first kappa shape index (κ1) is 62.8. The normalized spacial score (nSPS) is 11.7. The summed E-state index contributed by atoms with van der Waals surface area (Å²) in [5.74, 6) is -2.08. The van der Waals surface area contributed by atoms with Crippen LogP contribution < -0.4 is 0 Å². The molecule has 386 valence electrons. The quantitative estimate of drug-likeness (QED) is 0.0323. The molecule has 0 saturated carbocycles. The number of nitrogens with zero attached hydrogens (tertiary/aromatic N) is 1. The molecule has 0 aliphatic rings. The van der Waals surface area contributed by atoms with Crippen LogP contribution in [0.2, 0.25) is 0 Å². The molecule has 0 spiro atoms. The molecule has 13 heteroatoms. The summed E-state index contributed by atoms with van der Waals surface area (Å²) in [6.07, 6.45) is 17.4. The number of carbonyl (C=O) groups is 6. The predicted molar refractivity (Wildman–Crippen MR) is 261 cm³/mol. The van der Waals surface area contributed by atoms with Crippen LogP contribution in [-0.2, 0) is 57.2 Å². The van der Waals surface area contributed by atoms with Gasteiger partial charge in [-0.2, -0.15) is 0 Å². The van der Waals surface area contributed by atoms with Crippen molar-refractivity contribution in [3.8, 4) is 0 Å². The zero-order valence-corrected chi connectivity index (χ0v) is 43.5. The fraction of sp³-hybridized carbons (Fsp3) is 0.887. The second-order valence-electron chi connectivity index (χ2n) is 19.0. The van der Waals surface area contributed by atoms with E-state index in [1.165, 1.54) is 0 Å². The van der Waals surface area contributed by atoms with Crippen LogP contribution in [-0.4, -0.2) is 99.5 Å². The lowest BCUT2D eigenvalue weighted by Gasteiger charge is -2.32. The van der Waals surface area contributed by atoms with Gasteiger partial charge < -0.3 is 33.3 Å². The van der Waals surface area contributed by atoms with E-state index in [1.807, 2.05) is 0 Å². The van der Waals surface area contributed by atoms with Gasteiger partial charge in [-0.15, -0.1) is 0 Å². The Morgan fingerprint density at radius 3 is 1.08 bits per heavy atom. The molecule has 66 heavy (non-hydrogen) atoms. The first-order chi connectivity index (χ1) is 31.7. The minimum absolute atomic E-state index is 0.0492. The summed E-state index contributed by atoms with van der Waals surface area (Å²) in [5.41, 5.74) is -1.43. The third-order valence-electron chi connectivity index (χ3n) is 12.3. The maximum absolute atomic E-state index is 13.6. The van der Waals surface area contributed by atoms with E-state index in [0.717, 1.165) is 109 Å². The Hall–Kier alpha value is -3.22. The zero-order chi connectivity index (χ0) is 49.4. The lowest BCUT2D eigenvalue weighted by Crippen LogP contribution is -2.44. The molecule has 0 aromatic rings. The highest BCUT2D eigenvalue weighted by molar-refractivity contribution is 5.73. The van der Waals surface area contributed by atoms with E-state index < -0.39 is 29.3 Å². The molecular formula is C53H97NO12. The van der Waals surface area contributed by atoms with Crippen molar-refractivity contribution in [3.63, 3.8) is 0 Å². The van der Waals surface area contributed by atoms with Gasteiger partial charge in [0.15, 0.2) is 0 Å². The lowest BCUT2D eigenvalue weighted by molar-refractivity contribution is -0.171. The summed E-state index contributed by atoms with van der Waals surface area (Å²) in [7, 11) is 0. The average Bonchev–Trinajstić information content (AvgIpc) is 3.28. The Balaban J connectivity index is 6.18. The Morgan fingerprint density at radius 2 is 0.742 bits per heavy atom. The van der Waals surface area contributed by atoms with E-state index in [1.54, 1.807) is 0 Å². The molecule has 0 aliphatic heterocycles. The molecule has 0 aromatic heterocycles. The molecule has 0 amide bonds. The fourth-order valence-electron chi connectivity index (χ4n) is 8.19. The third-order valence-corrected chi connectivity index (χ3v) is 12.3. The summed E-state index contributed by atoms with van der Waals surface area (Å²) >= 11 is 0. The van der Waals surface area contributed by atoms with Gasteiger partial charge in [-0.1, -0.05) is 113 Å². The van der Waals surface area contributed by atoms with Crippen molar-refractivity contribution < 1.29 is 57.2 Å². The van der Waals surface area contributed by atoms with Crippen molar-refractivity contribution in [1.82, 2.24) is 4.90 Å². The van der Waals surface area contributed by atoms with Gasteiger partial charge in [0.1, 0.15) is 31.8 Å². The zero-order valence-electron chi connectivity index (χ0n) is 43.5. The first-order valence-corrected chi connectivity index (χ1v) is 26.4. The minimum atomic E-state index is -1.43. The molecule has 13 nitrogen and oxygen atoms in total. The van der Waals surface area contributed by atoms with E-state index >= 15 is 0 Å². The fourth-order valence-corrected chi connectivity index (χ4v) is 8.19. The number of hydrogen-bond acceptors (Lipinski definition) is 13. The number of unbranched alkanes of at least 4 members (excludes halogenated alkanes) is 4. The molecule has 0 aromatic carbocycles. The molecule has 0 heterocycles. The summed E-state index contributed by atoms with van der Waals surface area (Å²) < 4.78 is 34.4. The number of carbonyl (C=O) groups excluding carboxylic acids is 6. The van der Waals surface area contributed by atoms with Crippen LogP contribution >= 0.6 is 0 Å². The second kappa shape index (κ2) is 40.8. The summed E-state index contributed by atoms with van der Waals surface area (Å²) in [6.45, 7) is 19.8. The lowest BCUT2D eigenvalue weighted by atomic mass is 9.91. The largest absolute Gasteiger partial charge is 0.465 e. The molecule has 0 fully saturated rings. The van der Waals surface area contributed by atoms with Crippen LogP contribution in [0.1, 0.15) is 223 Å². The van der Waals surface area contributed by atoms with Crippen LogP contribution in [0, 0.1) is 23.2 Å². The highest BCUT2D eigenvalue weighted by atomic mass is 16.6. The van der Waals surface area contributed by atoms with Crippen LogP contribution in [0.25, 0.3) is 0 Å². The molecule has 0 saturated heterocycles. The second-order valence-corrected chi connectivity index (χ2v) is 19.0. The van der Waals surface area contributed by atoms with Gasteiger partial charge in [0.25, 0.3) is 0 Å². The minimum Gasteiger partial charge on any atom is -0.465 e. The first-order valence-electron chi connectivity index (χ1n) is 26.4. The smallest absolute Gasteiger partial charge is 0.306 e. The Morgan fingerprint density at radius 1 is 0.394 bits per heavy atom. The van der Waals surface area contributed by atoms with E-state index in [9.17, 15) is 28.8 Å². The Kier molecular flexibility index (Phi) is 38.8. The standard InChI is InChI=1S/C53H97NO12/c1-10-17-19-28-44(29-20-18-11-2)36-52(60)66-42-53(41-65-51(59)34-23-35-54(16-7)43(8)9,39-63-49(57)32-21-30-47(55)61-37-45(24-12-3)25-13-4)40-64-50(58)33-22-31-48(56)62-38-46(26-14-5)27-15-6/h43-46H,10-42H2,1-9H3. The maximum atomic E-state index is 13.6. The van der Waals surface area contributed by atoms with Crippen molar-refractivity contribution >= 4 is 35.8 Å². The van der Waals surface area contributed by atoms with Crippen LogP contribution in [0.3, 0.4) is 0 Å². The topological polar surface area (TPSA) is 161 Å². The Bertz CT molecular complexity index is 1210. The van der Waals surface area contributed by atoms with Gasteiger partial charge in [-0.05, 0) is 102 Å². The van der Waals surface area contributed by atoms with E-state index in [2.05, 4.69) is 67.2 Å². The molecule has 0 unspecified atom stereocenters. The van der Waals surface area contributed by atoms with Crippen molar-refractivity contribution in [1.29, 1.82) is 0 Å². The van der Waals surface area contributed by atoms with E-state index in [0.29, 0.717) is 44.1 Å². The summed E-state index contributed by atoms with van der Waals surface area (Å²) in [4.78, 5) is 80.6. The van der Waals surface area contributed by atoms with Crippen LogP contribution in [0.4, 0.5) is 0 Å². The highest BCUT2D eigenvalue weighted by Gasteiger charge is 2.38. The van der Waals surface area contributed by atoms with E-state index in [-0.39, 0.29) is 95.7 Å². The van der Waals surface area contributed by atoms with E-state index in [4.69, 9.17) is 28.4 Å². The number of hydrogen-bond donors (Lipinski definition) is 0. The molecule has 0 atom stereocenters. The van der Waals surface area contributed by atoms with Gasteiger partial charge in [0.2, 0.25) is 0 Å².